The van der Waals surface area contributed by atoms with Gasteiger partial charge >= 0.3 is 0 Å². The first-order valence-electron chi connectivity index (χ1n) is 10.8. The topological polar surface area (TPSA) is 116 Å². The van der Waals surface area contributed by atoms with Crippen LogP contribution in [-0.2, 0) is 16.0 Å². The first kappa shape index (κ1) is 22.2. The number of rotatable bonds is 6. The Bertz CT molecular complexity index is 1460. The number of benzene rings is 3. The Morgan fingerprint density at radius 3 is 2.60 bits per heavy atom. The summed E-state index contributed by atoms with van der Waals surface area (Å²) < 4.78 is 27.3. The summed E-state index contributed by atoms with van der Waals surface area (Å²) in [5.74, 6) is -1.29. The highest BCUT2D eigenvalue weighted by atomic mass is 19.1. The van der Waals surface area contributed by atoms with Crippen LogP contribution in [0.5, 0.6) is 0 Å². The first-order chi connectivity index (χ1) is 16.9. The number of fused-ring (bicyclic) bond motifs is 1. The minimum Gasteiger partial charge on any atom is -0.368 e. The monoisotopic (exact) mass is 474 g/mol. The molecule has 3 aromatic carbocycles. The number of halogens is 2. The standard InChI is InChI=1S/C25H20F2N6O2/c26-15-5-8-17(9-6-15)33-22(24(28)34)13-21(32-33)25(35)29-16-7-10-19-20(12-16)31-23(30-19)11-14-3-1-2-4-18(14)27/h1-10,12,22H,11,13H2,(H2,28,34)(H,29,35)(H,30,31). The maximum absolute atomic E-state index is 14.0. The van der Waals surface area contributed by atoms with Gasteiger partial charge in [0.05, 0.1) is 16.7 Å². The molecule has 0 fully saturated rings. The van der Waals surface area contributed by atoms with E-state index in [-0.39, 0.29) is 17.9 Å². The second-order valence-corrected chi connectivity index (χ2v) is 8.13. The highest BCUT2D eigenvalue weighted by Crippen LogP contribution is 2.26. The van der Waals surface area contributed by atoms with Crippen molar-refractivity contribution in [2.24, 2.45) is 10.8 Å². The van der Waals surface area contributed by atoms with Crippen molar-refractivity contribution in [3.8, 4) is 0 Å². The van der Waals surface area contributed by atoms with Crippen molar-refractivity contribution in [1.29, 1.82) is 0 Å². The quantitative estimate of drug-likeness (QED) is 0.397. The predicted molar refractivity (Wildman–Crippen MR) is 128 cm³/mol. The van der Waals surface area contributed by atoms with Gasteiger partial charge in [-0.25, -0.2) is 13.8 Å². The Morgan fingerprint density at radius 1 is 1.09 bits per heavy atom. The lowest BCUT2D eigenvalue weighted by Gasteiger charge is -2.20. The van der Waals surface area contributed by atoms with E-state index in [1.807, 2.05) is 0 Å². The molecule has 35 heavy (non-hydrogen) atoms. The summed E-state index contributed by atoms with van der Waals surface area (Å²) in [7, 11) is 0. The number of hydrogen-bond donors (Lipinski definition) is 3. The second-order valence-electron chi connectivity index (χ2n) is 8.13. The van der Waals surface area contributed by atoms with Crippen molar-refractivity contribution in [1.82, 2.24) is 9.97 Å². The number of amides is 2. The zero-order valence-electron chi connectivity index (χ0n) is 18.3. The molecule has 0 saturated heterocycles. The van der Waals surface area contributed by atoms with Gasteiger partial charge in [0.15, 0.2) is 0 Å². The van der Waals surface area contributed by atoms with Crippen LogP contribution in [0.25, 0.3) is 11.0 Å². The van der Waals surface area contributed by atoms with Gasteiger partial charge in [0.1, 0.15) is 29.2 Å². The van der Waals surface area contributed by atoms with Gasteiger partial charge in [0.25, 0.3) is 5.91 Å². The summed E-state index contributed by atoms with van der Waals surface area (Å²) in [6, 6.07) is 16.2. The minimum atomic E-state index is -0.864. The molecule has 1 unspecified atom stereocenters. The molecule has 0 aliphatic carbocycles. The summed E-state index contributed by atoms with van der Waals surface area (Å²) in [5.41, 5.74) is 8.42. The fraction of sp³-hybridized carbons (Fsp3) is 0.120. The molecular formula is C25H20F2N6O2. The van der Waals surface area contributed by atoms with Gasteiger partial charge < -0.3 is 16.0 Å². The minimum absolute atomic E-state index is 0.0115. The van der Waals surface area contributed by atoms with Crippen LogP contribution in [-0.4, -0.2) is 33.5 Å². The Kier molecular flexibility index (Phi) is 5.69. The van der Waals surface area contributed by atoms with Crippen molar-refractivity contribution in [3.63, 3.8) is 0 Å². The number of primary amides is 1. The average Bonchev–Trinajstić information content (AvgIpc) is 3.45. The van der Waals surface area contributed by atoms with Gasteiger partial charge in [-0.1, -0.05) is 18.2 Å². The Hall–Kier alpha value is -4.60. The van der Waals surface area contributed by atoms with Gasteiger partial charge in [0, 0.05) is 18.5 Å². The van der Waals surface area contributed by atoms with E-state index >= 15 is 0 Å². The van der Waals surface area contributed by atoms with Crippen LogP contribution in [0, 0.1) is 11.6 Å². The van der Waals surface area contributed by atoms with Gasteiger partial charge in [0.2, 0.25) is 5.91 Å². The van der Waals surface area contributed by atoms with Crippen molar-refractivity contribution >= 4 is 39.9 Å². The molecule has 2 amide bonds. The van der Waals surface area contributed by atoms with Gasteiger partial charge in [-0.3, -0.25) is 14.6 Å². The molecule has 0 spiro atoms. The normalized spacial score (nSPS) is 15.3. The molecule has 0 saturated carbocycles. The Labute approximate surface area is 198 Å². The smallest absolute Gasteiger partial charge is 0.271 e. The lowest BCUT2D eigenvalue weighted by Crippen LogP contribution is -2.39. The van der Waals surface area contributed by atoms with Gasteiger partial charge in [-0.2, -0.15) is 5.10 Å². The molecule has 1 aliphatic heterocycles. The molecule has 176 valence electrons. The number of nitrogens with zero attached hydrogens (tertiary/aromatic N) is 3. The van der Waals surface area contributed by atoms with Crippen molar-refractivity contribution in [2.75, 3.05) is 10.3 Å². The molecule has 1 aliphatic rings. The Morgan fingerprint density at radius 2 is 1.86 bits per heavy atom. The van der Waals surface area contributed by atoms with Crippen LogP contribution in [0.4, 0.5) is 20.2 Å². The summed E-state index contributed by atoms with van der Waals surface area (Å²) in [6.45, 7) is 0. The van der Waals surface area contributed by atoms with E-state index in [9.17, 15) is 18.4 Å². The number of anilines is 2. The number of carbonyl (C=O) groups excluding carboxylic acids is 2. The van der Waals surface area contributed by atoms with Crippen molar-refractivity contribution in [2.45, 2.75) is 18.9 Å². The molecule has 8 nitrogen and oxygen atoms in total. The number of aromatic amines is 1. The molecule has 0 bridgehead atoms. The fourth-order valence-electron chi connectivity index (χ4n) is 3.95. The number of nitrogens with one attached hydrogen (secondary N) is 2. The maximum Gasteiger partial charge on any atom is 0.271 e. The molecule has 10 heteroatoms. The number of imidazole rings is 1. The summed E-state index contributed by atoms with van der Waals surface area (Å²) in [6.07, 6.45) is 0.311. The number of aromatic nitrogens is 2. The fourth-order valence-corrected chi connectivity index (χ4v) is 3.95. The third-order valence-corrected chi connectivity index (χ3v) is 5.70. The third-order valence-electron chi connectivity index (χ3n) is 5.70. The lowest BCUT2D eigenvalue weighted by molar-refractivity contribution is -0.119. The van der Waals surface area contributed by atoms with Crippen molar-refractivity contribution in [3.05, 3.63) is 89.8 Å². The van der Waals surface area contributed by atoms with Crippen LogP contribution < -0.4 is 16.1 Å². The number of H-pyrrole nitrogens is 1. The van der Waals surface area contributed by atoms with Gasteiger partial charge in [-0.05, 0) is 54.1 Å². The van der Waals surface area contributed by atoms with Gasteiger partial charge in [-0.15, -0.1) is 0 Å². The van der Waals surface area contributed by atoms with E-state index in [4.69, 9.17) is 5.73 Å². The number of nitrogens with two attached hydrogens (primary N) is 1. The third kappa shape index (κ3) is 4.58. The van der Waals surface area contributed by atoms with Crippen LogP contribution >= 0.6 is 0 Å². The molecule has 4 aromatic rings. The number of hydrogen-bond acceptors (Lipinski definition) is 5. The predicted octanol–water partition coefficient (Wildman–Crippen LogP) is 3.49. The Balaban J connectivity index is 1.34. The average molecular weight is 474 g/mol. The summed E-state index contributed by atoms with van der Waals surface area (Å²) in [4.78, 5) is 32.5. The molecule has 1 atom stereocenters. The molecule has 5 rings (SSSR count). The SMILES string of the molecule is NC(=O)C1CC(C(=O)Nc2ccc3nc(Cc4ccccc4F)[nH]c3c2)=NN1c1ccc(F)cc1. The first-order valence-corrected chi connectivity index (χ1v) is 10.8. The molecular weight excluding hydrogens is 454 g/mol. The second kappa shape index (κ2) is 8.98. The van der Waals surface area contributed by atoms with Crippen LogP contribution in [0.15, 0.2) is 71.8 Å². The van der Waals surface area contributed by atoms with Crippen LogP contribution in [0.1, 0.15) is 17.8 Å². The van der Waals surface area contributed by atoms with E-state index in [0.717, 1.165) is 0 Å². The summed E-state index contributed by atoms with van der Waals surface area (Å²) >= 11 is 0. The van der Waals surface area contributed by atoms with E-state index in [2.05, 4.69) is 20.4 Å². The largest absolute Gasteiger partial charge is 0.368 e. The molecule has 1 aromatic heterocycles. The van der Waals surface area contributed by atoms with Crippen LogP contribution in [0.3, 0.4) is 0 Å². The maximum atomic E-state index is 14.0. The number of carbonyl (C=O) groups is 2. The van der Waals surface area contributed by atoms with Crippen molar-refractivity contribution < 1.29 is 18.4 Å². The summed E-state index contributed by atoms with van der Waals surface area (Å²) in [5, 5.41) is 8.36. The molecule has 4 N–H and O–H groups in total. The highest BCUT2D eigenvalue weighted by molar-refractivity contribution is 6.44. The van der Waals surface area contributed by atoms with E-state index < -0.39 is 23.7 Å². The van der Waals surface area contributed by atoms with Crippen LogP contribution in [0.2, 0.25) is 0 Å². The van der Waals surface area contributed by atoms with E-state index in [0.29, 0.717) is 40.2 Å². The molecule has 2 heterocycles. The zero-order valence-corrected chi connectivity index (χ0v) is 18.3. The lowest BCUT2D eigenvalue weighted by atomic mass is 10.1. The highest BCUT2D eigenvalue weighted by Gasteiger charge is 2.35. The van der Waals surface area contributed by atoms with E-state index in [1.165, 1.54) is 35.3 Å². The zero-order chi connectivity index (χ0) is 24.5. The number of hydrazone groups is 1. The van der Waals surface area contributed by atoms with E-state index in [1.54, 1.807) is 36.4 Å². The molecule has 0 radical (unpaired) electrons.